The zero-order valence-corrected chi connectivity index (χ0v) is 11.6. The van der Waals surface area contributed by atoms with Crippen LogP contribution < -0.4 is 5.32 Å². The normalized spacial score (nSPS) is 24.4. The fraction of sp³-hybridized carbons (Fsp3) is 0.846. The van der Waals surface area contributed by atoms with E-state index >= 15 is 0 Å². The number of carboxylic acids is 1. The standard InChI is InChI=1S/C13H22N2O4/c1-12(2)9-15(6-7-19-12)11(18)14-8-13(10(16)17)4-3-5-13/h3-9H2,1-2H3,(H,14,18)(H,16,17). The van der Waals surface area contributed by atoms with Gasteiger partial charge in [0.05, 0.1) is 24.2 Å². The molecule has 1 aliphatic heterocycles. The lowest BCUT2D eigenvalue weighted by Crippen LogP contribution is -2.56. The first-order chi connectivity index (χ1) is 8.85. The van der Waals surface area contributed by atoms with Crippen LogP contribution in [0.25, 0.3) is 0 Å². The Balaban J connectivity index is 1.86. The van der Waals surface area contributed by atoms with E-state index in [0.717, 1.165) is 6.42 Å². The lowest BCUT2D eigenvalue weighted by atomic mass is 9.69. The number of nitrogens with one attached hydrogen (secondary N) is 1. The van der Waals surface area contributed by atoms with Gasteiger partial charge in [-0.2, -0.15) is 0 Å². The molecule has 2 aliphatic rings. The highest BCUT2D eigenvalue weighted by molar-refractivity contribution is 5.79. The summed E-state index contributed by atoms with van der Waals surface area (Å²) in [7, 11) is 0. The fourth-order valence-corrected chi connectivity index (χ4v) is 2.62. The van der Waals surface area contributed by atoms with E-state index in [1.807, 2.05) is 13.8 Å². The number of ether oxygens (including phenoxy) is 1. The molecule has 0 spiro atoms. The van der Waals surface area contributed by atoms with Crippen molar-refractivity contribution in [1.82, 2.24) is 10.2 Å². The van der Waals surface area contributed by atoms with Gasteiger partial charge in [0.15, 0.2) is 0 Å². The van der Waals surface area contributed by atoms with Crippen molar-refractivity contribution in [2.24, 2.45) is 5.41 Å². The molecule has 1 aliphatic carbocycles. The van der Waals surface area contributed by atoms with Gasteiger partial charge in [0.2, 0.25) is 0 Å². The van der Waals surface area contributed by atoms with E-state index in [-0.39, 0.29) is 18.2 Å². The zero-order valence-electron chi connectivity index (χ0n) is 11.6. The number of hydrogen-bond donors (Lipinski definition) is 2. The summed E-state index contributed by atoms with van der Waals surface area (Å²) >= 11 is 0. The van der Waals surface area contributed by atoms with Gasteiger partial charge in [-0.3, -0.25) is 4.79 Å². The Bertz CT molecular complexity index is 377. The Morgan fingerprint density at radius 1 is 1.37 bits per heavy atom. The molecule has 0 aromatic rings. The van der Waals surface area contributed by atoms with E-state index in [1.54, 1.807) is 4.90 Å². The second-order valence-corrected chi connectivity index (χ2v) is 6.13. The summed E-state index contributed by atoms with van der Waals surface area (Å²) in [6.45, 7) is 5.70. The summed E-state index contributed by atoms with van der Waals surface area (Å²) in [5.74, 6) is -0.804. The van der Waals surface area contributed by atoms with Crippen LogP contribution in [-0.4, -0.2) is 53.8 Å². The molecule has 0 bridgehead atoms. The topological polar surface area (TPSA) is 78.9 Å². The summed E-state index contributed by atoms with van der Waals surface area (Å²) in [4.78, 5) is 25.0. The number of carbonyl (C=O) groups excluding carboxylic acids is 1. The minimum absolute atomic E-state index is 0.191. The average molecular weight is 270 g/mol. The maximum atomic E-state index is 12.1. The first-order valence-electron chi connectivity index (χ1n) is 6.75. The number of amides is 2. The van der Waals surface area contributed by atoms with Crippen molar-refractivity contribution in [2.75, 3.05) is 26.2 Å². The van der Waals surface area contributed by atoms with Crippen LogP contribution in [0.5, 0.6) is 0 Å². The maximum Gasteiger partial charge on any atom is 0.317 e. The summed E-state index contributed by atoms with van der Waals surface area (Å²) in [5.41, 5.74) is -1.08. The van der Waals surface area contributed by atoms with Crippen LogP contribution in [0.1, 0.15) is 33.1 Å². The Morgan fingerprint density at radius 2 is 2.05 bits per heavy atom. The van der Waals surface area contributed by atoms with Crippen molar-refractivity contribution >= 4 is 12.0 Å². The van der Waals surface area contributed by atoms with E-state index in [2.05, 4.69) is 5.32 Å². The van der Waals surface area contributed by atoms with E-state index in [4.69, 9.17) is 4.74 Å². The molecule has 6 nitrogen and oxygen atoms in total. The van der Waals surface area contributed by atoms with Crippen LogP contribution in [0, 0.1) is 5.41 Å². The molecule has 0 aromatic heterocycles. The first-order valence-corrected chi connectivity index (χ1v) is 6.75. The van der Waals surface area contributed by atoms with E-state index in [0.29, 0.717) is 32.5 Å². The third kappa shape index (κ3) is 3.00. The summed E-state index contributed by atoms with van der Waals surface area (Å²) in [6, 6.07) is -0.191. The van der Waals surface area contributed by atoms with Crippen LogP contribution in [0.3, 0.4) is 0 Å². The van der Waals surface area contributed by atoms with Gasteiger partial charge in [-0.15, -0.1) is 0 Å². The largest absolute Gasteiger partial charge is 0.481 e. The van der Waals surface area contributed by atoms with Gasteiger partial charge >= 0.3 is 12.0 Å². The van der Waals surface area contributed by atoms with Crippen molar-refractivity contribution in [3.05, 3.63) is 0 Å². The minimum atomic E-state index is -0.804. The molecule has 2 rings (SSSR count). The molecule has 6 heteroatoms. The first kappa shape index (κ1) is 14.1. The van der Waals surface area contributed by atoms with Gasteiger partial charge in [-0.25, -0.2) is 4.79 Å². The number of carboxylic acid groups (broad SMARTS) is 1. The van der Waals surface area contributed by atoms with Crippen molar-refractivity contribution < 1.29 is 19.4 Å². The maximum absolute atomic E-state index is 12.1. The second kappa shape index (κ2) is 5.00. The Hall–Kier alpha value is -1.30. The van der Waals surface area contributed by atoms with Crippen molar-refractivity contribution in [3.8, 4) is 0 Å². The number of urea groups is 1. The minimum Gasteiger partial charge on any atom is -0.481 e. The van der Waals surface area contributed by atoms with Crippen molar-refractivity contribution in [2.45, 2.75) is 38.7 Å². The number of nitrogens with zero attached hydrogens (tertiary/aromatic N) is 1. The van der Waals surface area contributed by atoms with Gasteiger partial charge in [0.1, 0.15) is 0 Å². The molecule has 2 amide bonds. The Morgan fingerprint density at radius 3 is 2.53 bits per heavy atom. The highest BCUT2D eigenvalue weighted by Gasteiger charge is 2.44. The lowest BCUT2D eigenvalue weighted by molar-refractivity contribution is -0.153. The molecule has 1 heterocycles. The molecule has 2 fully saturated rings. The molecule has 19 heavy (non-hydrogen) atoms. The van der Waals surface area contributed by atoms with E-state index < -0.39 is 11.4 Å². The van der Waals surface area contributed by atoms with Gasteiger partial charge in [0, 0.05) is 13.1 Å². The van der Waals surface area contributed by atoms with Crippen molar-refractivity contribution in [1.29, 1.82) is 0 Å². The van der Waals surface area contributed by atoms with Gasteiger partial charge in [0.25, 0.3) is 0 Å². The van der Waals surface area contributed by atoms with Gasteiger partial charge in [-0.05, 0) is 26.7 Å². The number of rotatable bonds is 3. The quantitative estimate of drug-likeness (QED) is 0.803. The molecule has 0 aromatic carbocycles. The molecule has 2 N–H and O–H groups in total. The molecule has 0 unspecified atom stereocenters. The Kier molecular flexibility index (Phi) is 3.71. The van der Waals surface area contributed by atoms with Crippen LogP contribution in [0.4, 0.5) is 4.79 Å². The summed E-state index contributed by atoms with van der Waals surface area (Å²) in [5, 5.41) is 12.0. The van der Waals surface area contributed by atoms with Crippen LogP contribution in [-0.2, 0) is 9.53 Å². The zero-order chi connectivity index (χ0) is 14.1. The SMILES string of the molecule is CC1(C)CN(C(=O)NCC2(C(=O)O)CCC2)CCO1. The van der Waals surface area contributed by atoms with Crippen LogP contribution >= 0.6 is 0 Å². The van der Waals surface area contributed by atoms with Crippen LogP contribution in [0.15, 0.2) is 0 Å². The van der Waals surface area contributed by atoms with Crippen molar-refractivity contribution in [3.63, 3.8) is 0 Å². The third-order valence-electron chi connectivity index (χ3n) is 4.06. The molecule has 0 atom stereocenters. The Labute approximate surface area is 113 Å². The highest BCUT2D eigenvalue weighted by atomic mass is 16.5. The predicted molar refractivity (Wildman–Crippen MR) is 68.9 cm³/mol. The molecular formula is C13H22N2O4. The molecular weight excluding hydrogens is 248 g/mol. The molecule has 0 radical (unpaired) electrons. The molecule has 1 saturated carbocycles. The predicted octanol–water partition coefficient (Wildman–Crippen LogP) is 1.06. The third-order valence-corrected chi connectivity index (χ3v) is 4.06. The smallest absolute Gasteiger partial charge is 0.317 e. The monoisotopic (exact) mass is 270 g/mol. The molecule has 1 saturated heterocycles. The highest BCUT2D eigenvalue weighted by Crippen LogP contribution is 2.40. The second-order valence-electron chi connectivity index (χ2n) is 6.13. The average Bonchev–Trinajstić information content (AvgIpc) is 2.25. The van der Waals surface area contributed by atoms with Gasteiger partial charge in [-0.1, -0.05) is 6.42 Å². The number of hydrogen-bond acceptors (Lipinski definition) is 3. The molecule has 108 valence electrons. The van der Waals surface area contributed by atoms with E-state index in [1.165, 1.54) is 0 Å². The van der Waals surface area contributed by atoms with Crippen LogP contribution in [0.2, 0.25) is 0 Å². The fourth-order valence-electron chi connectivity index (χ4n) is 2.62. The lowest BCUT2D eigenvalue weighted by Gasteiger charge is -2.40. The number of aliphatic carboxylic acids is 1. The van der Waals surface area contributed by atoms with E-state index in [9.17, 15) is 14.7 Å². The van der Waals surface area contributed by atoms with Gasteiger partial charge < -0.3 is 20.1 Å². The summed E-state index contributed by atoms with van der Waals surface area (Å²) in [6.07, 6.45) is 2.22. The number of carbonyl (C=O) groups is 2. The number of morpholine rings is 1. The summed E-state index contributed by atoms with van der Waals surface area (Å²) < 4.78 is 5.55.